The van der Waals surface area contributed by atoms with Crippen LogP contribution in [0.15, 0.2) is 42.6 Å². The van der Waals surface area contributed by atoms with Crippen LogP contribution in [0.2, 0.25) is 0 Å². The molecule has 0 atom stereocenters. The molecule has 0 bridgehead atoms. The van der Waals surface area contributed by atoms with Crippen molar-refractivity contribution in [2.45, 2.75) is 6.54 Å². The maximum atomic E-state index is 9.13. The minimum Gasteiger partial charge on any atom is -0.348 e. The predicted octanol–water partition coefficient (Wildman–Crippen LogP) is 1.31. The van der Waals surface area contributed by atoms with Gasteiger partial charge in [0.25, 0.3) is 0 Å². The molecule has 0 saturated carbocycles. The zero-order valence-corrected chi connectivity index (χ0v) is 10.5. The maximum Gasteiger partial charge on any atom is 0.169 e. The van der Waals surface area contributed by atoms with Crippen molar-refractivity contribution in [1.82, 2.24) is 10.2 Å². The highest BCUT2D eigenvalue weighted by atomic mass is 15.3. The average molecular weight is 253 g/mol. The van der Waals surface area contributed by atoms with Crippen LogP contribution in [0.25, 0.3) is 0 Å². The van der Waals surface area contributed by atoms with E-state index in [-0.39, 0.29) is 0 Å². The highest BCUT2D eigenvalue weighted by Crippen LogP contribution is 2.17. The van der Waals surface area contributed by atoms with E-state index in [4.69, 9.17) is 11.0 Å². The van der Waals surface area contributed by atoms with E-state index in [2.05, 4.69) is 16.3 Å². The molecule has 2 aromatic rings. The third kappa shape index (κ3) is 3.27. The van der Waals surface area contributed by atoms with Crippen molar-refractivity contribution in [2.75, 3.05) is 18.0 Å². The molecule has 2 rings (SSSR count). The van der Waals surface area contributed by atoms with Crippen LogP contribution in [0.4, 0.5) is 5.82 Å². The first-order chi connectivity index (χ1) is 9.35. The highest BCUT2D eigenvalue weighted by molar-refractivity contribution is 5.52. The van der Waals surface area contributed by atoms with Gasteiger partial charge >= 0.3 is 0 Å². The molecular weight excluding hydrogens is 238 g/mol. The number of anilines is 1. The highest BCUT2D eigenvalue weighted by Gasteiger charge is 2.13. The number of hydrogen-bond donors (Lipinski definition) is 1. The Morgan fingerprint density at radius 3 is 2.68 bits per heavy atom. The number of nitriles is 1. The third-order valence-electron chi connectivity index (χ3n) is 2.74. The Labute approximate surface area is 112 Å². The summed E-state index contributed by atoms with van der Waals surface area (Å²) in [5.74, 6) is 0.583. The zero-order chi connectivity index (χ0) is 13.5. The van der Waals surface area contributed by atoms with Gasteiger partial charge in [0.05, 0.1) is 11.8 Å². The van der Waals surface area contributed by atoms with Crippen molar-refractivity contribution < 1.29 is 0 Å². The van der Waals surface area contributed by atoms with Gasteiger partial charge in [-0.05, 0) is 11.6 Å². The largest absolute Gasteiger partial charge is 0.348 e. The second-order valence-corrected chi connectivity index (χ2v) is 4.08. The topological polar surface area (TPSA) is 78.8 Å². The van der Waals surface area contributed by atoms with Gasteiger partial charge in [-0.1, -0.05) is 30.3 Å². The van der Waals surface area contributed by atoms with Crippen molar-refractivity contribution in [3.05, 3.63) is 53.7 Å². The first-order valence-electron chi connectivity index (χ1n) is 6.06. The van der Waals surface area contributed by atoms with E-state index in [1.165, 1.54) is 6.20 Å². The van der Waals surface area contributed by atoms with Gasteiger partial charge in [0.15, 0.2) is 5.82 Å². The van der Waals surface area contributed by atoms with Crippen molar-refractivity contribution in [3.8, 4) is 6.07 Å². The first-order valence-corrected chi connectivity index (χ1v) is 6.06. The van der Waals surface area contributed by atoms with Crippen molar-refractivity contribution >= 4 is 5.82 Å². The number of nitrogens with zero attached hydrogens (tertiary/aromatic N) is 4. The Balaban J connectivity index is 2.27. The second-order valence-electron chi connectivity index (χ2n) is 4.08. The van der Waals surface area contributed by atoms with Crippen LogP contribution in [-0.4, -0.2) is 23.3 Å². The number of nitrogens with two attached hydrogens (primary N) is 1. The summed E-state index contributed by atoms with van der Waals surface area (Å²) in [5, 5.41) is 17.0. The molecule has 2 N–H and O–H groups in total. The summed E-state index contributed by atoms with van der Waals surface area (Å²) in [5.41, 5.74) is 7.30. The molecule has 1 aromatic carbocycles. The first kappa shape index (κ1) is 13.0. The Morgan fingerprint density at radius 2 is 2.00 bits per heavy atom. The molecule has 1 heterocycles. The molecule has 0 aliphatic rings. The third-order valence-corrected chi connectivity index (χ3v) is 2.74. The molecule has 19 heavy (non-hydrogen) atoms. The van der Waals surface area contributed by atoms with Crippen LogP contribution in [0.5, 0.6) is 0 Å². The van der Waals surface area contributed by atoms with Gasteiger partial charge < -0.3 is 10.6 Å². The molecule has 5 nitrogen and oxygen atoms in total. The van der Waals surface area contributed by atoms with Gasteiger partial charge in [0, 0.05) is 19.6 Å². The summed E-state index contributed by atoms with van der Waals surface area (Å²) in [6, 6.07) is 13.8. The van der Waals surface area contributed by atoms with Gasteiger partial charge in [-0.3, -0.25) is 0 Å². The van der Waals surface area contributed by atoms with Crippen LogP contribution in [0.3, 0.4) is 0 Å². The maximum absolute atomic E-state index is 9.13. The van der Waals surface area contributed by atoms with Gasteiger partial charge in [0.2, 0.25) is 0 Å². The molecular formula is C14H15N5. The van der Waals surface area contributed by atoms with Crippen LogP contribution in [-0.2, 0) is 6.54 Å². The standard InChI is InChI=1S/C14H15N5/c15-7-9-19(11-12-4-2-1-3-5-12)14-13(10-16)6-8-17-18-14/h1-6,8H,7,9,11,15H2. The van der Waals surface area contributed by atoms with Gasteiger partial charge in [-0.2, -0.15) is 10.4 Å². The second kappa shape index (κ2) is 6.47. The Hall–Kier alpha value is -2.45. The lowest BCUT2D eigenvalue weighted by Crippen LogP contribution is -2.30. The van der Waals surface area contributed by atoms with E-state index in [1.807, 2.05) is 35.2 Å². The summed E-state index contributed by atoms with van der Waals surface area (Å²) in [6.45, 7) is 1.78. The normalized spacial score (nSPS) is 9.89. The van der Waals surface area contributed by atoms with Gasteiger partial charge in [-0.15, -0.1) is 5.10 Å². The van der Waals surface area contributed by atoms with Crippen LogP contribution >= 0.6 is 0 Å². The van der Waals surface area contributed by atoms with E-state index in [0.29, 0.717) is 31.0 Å². The molecule has 0 saturated heterocycles. The summed E-state index contributed by atoms with van der Waals surface area (Å²) < 4.78 is 0. The fourth-order valence-corrected chi connectivity index (χ4v) is 1.86. The summed E-state index contributed by atoms with van der Waals surface area (Å²) in [4.78, 5) is 1.97. The monoisotopic (exact) mass is 253 g/mol. The SMILES string of the molecule is N#Cc1ccnnc1N(CCN)Cc1ccccc1. The molecule has 0 amide bonds. The molecule has 5 heteroatoms. The van der Waals surface area contributed by atoms with E-state index in [9.17, 15) is 0 Å². The fourth-order valence-electron chi connectivity index (χ4n) is 1.86. The molecule has 0 aliphatic carbocycles. The summed E-state index contributed by atoms with van der Waals surface area (Å²) in [7, 11) is 0. The molecule has 0 spiro atoms. The molecule has 0 radical (unpaired) electrons. The van der Waals surface area contributed by atoms with Crippen molar-refractivity contribution in [3.63, 3.8) is 0 Å². The summed E-state index contributed by atoms with van der Waals surface area (Å²) >= 11 is 0. The smallest absolute Gasteiger partial charge is 0.169 e. The van der Waals surface area contributed by atoms with Crippen LogP contribution in [0, 0.1) is 11.3 Å². The number of rotatable bonds is 5. The number of hydrogen-bond acceptors (Lipinski definition) is 5. The van der Waals surface area contributed by atoms with E-state index >= 15 is 0 Å². The van der Waals surface area contributed by atoms with E-state index in [0.717, 1.165) is 5.56 Å². The van der Waals surface area contributed by atoms with E-state index in [1.54, 1.807) is 6.07 Å². The zero-order valence-electron chi connectivity index (χ0n) is 10.5. The summed E-state index contributed by atoms with van der Waals surface area (Å²) in [6.07, 6.45) is 1.52. The lowest BCUT2D eigenvalue weighted by Gasteiger charge is -2.23. The molecule has 0 unspecified atom stereocenters. The van der Waals surface area contributed by atoms with Crippen molar-refractivity contribution in [1.29, 1.82) is 5.26 Å². The minimum atomic E-state index is 0.494. The predicted molar refractivity (Wildman–Crippen MR) is 73.3 cm³/mol. The average Bonchev–Trinajstić information content (AvgIpc) is 2.48. The van der Waals surface area contributed by atoms with Crippen molar-refractivity contribution in [2.24, 2.45) is 5.73 Å². The van der Waals surface area contributed by atoms with Gasteiger partial charge in [0.1, 0.15) is 6.07 Å². The van der Waals surface area contributed by atoms with Crippen LogP contribution < -0.4 is 10.6 Å². The van der Waals surface area contributed by atoms with E-state index < -0.39 is 0 Å². The van der Waals surface area contributed by atoms with Crippen LogP contribution in [0.1, 0.15) is 11.1 Å². The molecule has 1 aromatic heterocycles. The lowest BCUT2D eigenvalue weighted by molar-refractivity contribution is 0.761. The number of aromatic nitrogens is 2. The molecule has 96 valence electrons. The Morgan fingerprint density at radius 1 is 1.21 bits per heavy atom. The molecule has 0 aliphatic heterocycles. The Bertz CT molecular complexity index is 562. The number of benzene rings is 1. The quantitative estimate of drug-likeness (QED) is 0.869. The fraction of sp³-hybridized carbons (Fsp3) is 0.214. The lowest BCUT2D eigenvalue weighted by atomic mass is 10.2. The Kier molecular flexibility index (Phi) is 4.43. The minimum absolute atomic E-state index is 0.494. The van der Waals surface area contributed by atoms with Gasteiger partial charge in [-0.25, -0.2) is 0 Å². The molecule has 0 fully saturated rings.